The summed E-state index contributed by atoms with van der Waals surface area (Å²) >= 11 is 5.27. The second-order valence-corrected chi connectivity index (χ2v) is 5.32. The summed E-state index contributed by atoms with van der Waals surface area (Å²) in [5.41, 5.74) is 0.623. The molecule has 0 aliphatic carbocycles. The highest BCUT2D eigenvalue weighted by Crippen LogP contribution is 2.25. The number of nitrogens with one attached hydrogen (secondary N) is 1. The van der Waals surface area contributed by atoms with Gasteiger partial charge < -0.3 is 14.5 Å². The molecule has 6 heteroatoms. The Hall–Kier alpha value is -2.60. The second-order valence-electron chi connectivity index (χ2n) is 4.93. The topological polar surface area (TPSA) is 56.2 Å². The summed E-state index contributed by atoms with van der Waals surface area (Å²) in [6, 6.07) is 14.7. The predicted octanol–water partition coefficient (Wildman–Crippen LogP) is 3.15. The summed E-state index contributed by atoms with van der Waals surface area (Å²) in [6.07, 6.45) is 0. The third-order valence-corrected chi connectivity index (χ3v) is 3.85. The normalized spacial score (nSPS) is 10.7. The Morgan fingerprint density at radius 1 is 1.09 bits per heavy atom. The Bertz CT molecular complexity index is 946. The molecule has 118 valence electrons. The lowest BCUT2D eigenvalue weighted by molar-refractivity contribution is 0.277. The number of nitrogens with zero attached hydrogens (tertiary/aromatic N) is 1. The molecule has 1 heterocycles. The van der Waals surface area contributed by atoms with Gasteiger partial charge >= 0.3 is 0 Å². The number of ether oxygens (including phenoxy) is 2. The van der Waals surface area contributed by atoms with E-state index in [0.717, 1.165) is 5.52 Å². The standard InChI is InChI=1S/C17H16N2O3S/c1-21-14-8-4-5-9-15(14)22-11-10-19-16(20)12-6-2-3-7-13(12)18-17(19)23/h2-9H,10-11H2,1H3,(H,18,23). The van der Waals surface area contributed by atoms with Crippen molar-refractivity contribution in [3.63, 3.8) is 0 Å². The van der Waals surface area contributed by atoms with Crippen molar-refractivity contribution in [3.05, 3.63) is 63.7 Å². The molecule has 1 aromatic heterocycles. The van der Waals surface area contributed by atoms with Crippen LogP contribution in [-0.4, -0.2) is 23.3 Å². The van der Waals surface area contributed by atoms with Crippen molar-refractivity contribution in [2.75, 3.05) is 13.7 Å². The lowest BCUT2D eigenvalue weighted by Gasteiger charge is -2.12. The summed E-state index contributed by atoms with van der Waals surface area (Å²) < 4.78 is 12.8. The smallest absolute Gasteiger partial charge is 0.262 e. The summed E-state index contributed by atoms with van der Waals surface area (Å²) in [4.78, 5) is 15.6. The molecular weight excluding hydrogens is 312 g/mol. The SMILES string of the molecule is COc1ccccc1OCCn1c(=S)[nH]c2ccccc2c1=O. The summed E-state index contributed by atoms with van der Waals surface area (Å²) in [5, 5.41) is 0.610. The molecule has 2 aromatic carbocycles. The van der Waals surface area contributed by atoms with Gasteiger partial charge in [-0.3, -0.25) is 9.36 Å². The van der Waals surface area contributed by atoms with Crippen LogP contribution in [-0.2, 0) is 6.54 Å². The molecule has 0 spiro atoms. The van der Waals surface area contributed by atoms with Crippen LogP contribution in [0, 0.1) is 4.77 Å². The van der Waals surface area contributed by atoms with E-state index in [9.17, 15) is 4.79 Å². The lowest BCUT2D eigenvalue weighted by Crippen LogP contribution is -2.25. The molecule has 0 saturated carbocycles. The summed E-state index contributed by atoms with van der Waals surface area (Å²) in [7, 11) is 1.59. The van der Waals surface area contributed by atoms with E-state index < -0.39 is 0 Å². The number of aromatic nitrogens is 2. The van der Waals surface area contributed by atoms with Crippen LogP contribution in [0.1, 0.15) is 0 Å². The van der Waals surface area contributed by atoms with Gasteiger partial charge in [0.2, 0.25) is 0 Å². The van der Waals surface area contributed by atoms with Crippen molar-refractivity contribution in [2.24, 2.45) is 0 Å². The number of para-hydroxylation sites is 3. The average Bonchev–Trinajstić information content (AvgIpc) is 2.58. The van der Waals surface area contributed by atoms with Crippen LogP contribution in [0.25, 0.3) is 10.9 Å². The molecule has 3 aromatic rings. The van der Waals surface area contributed by atoms with Crippen LogP contribution in [0.5, 0.6) is 11.5 Å². The molecular formula is C17H16N2O3S. The van der Waals surface area contributed by atoms with Gasteiger partial charge in [0.15, 0.2) is 16.3 Å². The molecule has 0 atom stereocenters. The number of H-pyrrole nitrogens is 1. The van der Waals surface area contributed by atoms with Crippen LogP contribution >= 0.6 is 12.2 Å². The molecule has 0 aliphatic heterocycles. The molecule has 0 radical (unpaired) electrons. The minimum absolute atomic E-state index is 0.118. The van der Waals surface area contributed by atoms with Crippen LogP contribution in [0.3, 0.4) is 0 Å². The van der Waals surface area contributed by atoms with Gasteiger partial charge in [0.25, 0.3) is 5.56 Å². The van der Waals surface area contributed by atoms with Crippen molar-refractivity contribution in [3.8, 4) is 11.5 Å². The van der Waals surface area contributed by atoms with Crippen molar-refractivity contribution >= 4 is 23.1 Å². The maximum Gasteiger partial charge on any atom is 0.262 e. The Kier molecular flexibility index (Phi) is 4.43. The van der Waals surface area contributed by atoms with Crippen molar-refractivity contribution in [1.29, 1.82) is 0 Å². The zero-order chi connectivity index (χ0) is 16.2. The quantitative estimate of drug-likeness (QED) is 0.731. The monoisotopic (exact) mass is 328 g/mol. The fourth-order valence-corrected chi connectivity index (χ4v) is 2.67. The molecule has 23 heavy (non-hydrogen) atoms. The van der Waals surface area contributed by atoms with Gasteiger partial charge in [-0.05, 0) is 36.5 Å². The summed E-state index contributed by atoms with van der Waals surface area (Å²) in [5.74, 6) is 1.29. The zero-order valence-electron chi connectivity index (χ0n) is 12.6. The van der Waals surface area contributed by atoms with Crippen LogP contribution in [0.2, 0.25) is 0 Å². The third-order valence-electron chi connectivity index (χ3n) is 3.53. The van der Waals surface area contributed by atoms with Crippen LogP contribution < -0.4 is 15.0 Å². The highest BCUT2D eigenvalue weighted by atomic mass is 32.1. The first kappa shape index (κ1) is 15.3. The minimum atomic E-state index is -0.118. The largest absolute Gasteiger partial charge is 0.493 e. The molecule has 0 unspecified atom stereocenters. The molecule has 5 nitrogen and oxygen atoms in total. The fraction of sp³-hybridized carbons (Fsp3) is 0.176. The zero-order valence-corrected chi connectivity index (χ0v) is 13.4. The lowest BCUT2D eigenvalue weighted by atomic mass is 10.2. The molecule has 0 aliphatic rings. The minimum Gasteiger partial charge on any atom is -0.493 e. The van der Waals surface area contributed by atoms with Gasteiger partial charge in [-0.15, -0.1) is 0 Å². The van der Waals surface area contributed by atoms with Gasteiger partial charge in [0.1, 0.15) is 6.61 Å². The van der Waals surface area contributed by atoms with Crippen LogP contribution in [0.15, 0.2) is 53.3 Å². The average molecular weight is 328 g/mol. The first-order valence-electron chi connectivity index (χ1n) is 7.18. The molecule has 3 rings (SSSR count). The van der Waals surface area contributed by atoms with Crippen molar-refractivity contribution < 1.29 is 9.47 Å². The van der Waals surface area contributed by atoms with Crippen LogP contribution in [0.4, 0.5) is 0 Å². The maximum absolute atomic E-state index is 12.5. The number of aromatic amines is 1. The first-order chi connectivity index (χ1) is 11.2. The molecule has 0 fully saturated rings. The van der Waals surface area contributed by atoms with E-state index in [0.29, 0.717) is 34.8 Å². The van der Waals surface area contributed by atoms with Gasteiger partial charge in [-0.25, -0.2) is 0 Å². The highest BCUT2D eigenvalue weighted by molar-refractivity contribution is 7.71. The van der Waals surface area contributed by atoms with E-state index in [-0.39, 0.29) is 5.56 Å². The second kappa shape index (κ2) is 6.66. The Morgan fingerprint density at radius 3 is 2.57 bits per heavy atom. The van der Waals surface area contributed by atoms with E-state index >= 15 is 0 Å². The van der Waals surface area contributed by atoms with Crippen molar-refractivity contribution in [2.45, 2.75) is 6.54 Å². The first-order valence-corrected chi connectivity index (χ1v) is 7.59. The number of hydrogen-bond acceptors (Lipinski definition) is 4. The Morgan fingerprint density at radius 2 is 1.78 bits per heavy atom. The van der Waals surface area contributed by atoms with E-state index in [1.165, 1.54) is 4.57 Å². The number of benzene rings is 2. The van der Waals surface area contributed by atoms with Gasteiger partial charge in [-0.1, -0.05) is 24.3 Å². The van der Waals surface area contributed by atoms with Gasteiger partial charge in [-0.2, -0.15) is 0 Å². The van der Waals surface area contributed by atoms with E-state index in [1.54, 1.807) is 13.2 Å². The van der Waals surface area contributed by atoms with E-state index in [1.807, 2.05) is 42.5 Å². The molecule has 0 amide bonds. The number of methoxy groups -OCH3 is 1. The third kappa shape index (κ3) is 3.12. The molecule has 0 saturated heterocycles. The van der Waals surface area contributed by atoms with Crippen molar-refractivity contribution in [1.82, 2.24) is 9.55 Å². The van der Waals surface area contributed by atoms with Gasteiger partial charge in [0, 0.05) is 0 Å². The number of rotatable bonds is 5. The summed E-state index contributed by atoms with van der Waals surface area (Å²) in [6.45, 7) is 0.674. The fourth-order valence-electron chi connectivity index (χ4n) is 2.39. The number of fused-ring (bicyclic) bond motifs is 1. The molecule has 0 bridgehead atoms. The predicted molar refractivity (Wildman–Crippen MR) is 91.9 cm³/mol. The Balaban J connectivity index is 1.82. The molecule has 1 N–H and O–H groups in total. The Labute approximate surface area is 138 Å². The number of hydrogen-bond donors (Lipinski definition) is 1. The maximum atomic E-state index is 12.5. The van der Waals surface area contributed by atoms with Gasteiger partial charge in [0.05, 0.1) is 24.6 Å². The highest BCUT2D eigenvalue weighted by Gasteiger charge is 2.06. The van der Waals surface area contributed by atoms with E-state index in [4.69, 9.17) is 21.7 Å². The van der Waals surface area contributed by atoms with E-state index in [2.05, 4.69) is 4.98 Å².